The molecule has 0 fully saturated rings. The average molecular weight is 404 g/mol. The molecule has 1 N–H and O–H groups in total. The Labute approximate surface area is 152 Å². The molecule has 0 saturated carbocycles. The number of hydrogen-bond donors (Lipinski definition) is 1. The average Bonchev–Trinajstić information content (AvgIpc) is 3.09. The molecule has 8 heteroatoms. The molecule has 0 radical (unpaired) electrons. The van der Waals surface area contributed by atoms with Crippen molar-refractivity contribution in [1.82, 2.24) is 10.3 Å². The van der Waals surface area contributed by atoms with E-state index in [0.717, 1.165) is 4.47 Å². The smallest absolute Gasteiger partial charge is 0.256 e. The molecule has 0 saturated heterocycles. The van der Waals surface area contributed by atoms with Gasteiger partial charge >= 0.3 is 0 Å². The van der Waals surface area contributed by atoms with Crippen molar-refractivity contribution in [3.63, 3.8) is 0 Å². The molecule has 7 nitrogen and oxygen atoms in total. The Bertz CT molecular complexity index is 893. The summed E-state index contributed by atoms with van der Waals surface area (Å²) in [5, 5.41) is 10.3. The zero-order valence-corrected chi connectivity index (χ0v) is 15.0. The van der Waals surface area contributed by atoms with Crippen LogP contribution in [0.4, 0.5) is 5.82 Å². The number of halogens is 1. The van der Waals surface area contributed by atoms with Crippen LogP contribution in [0.5, 0.6) is 11.5 Å². The lowest BCUT2D eigenvalue weighted by Crippen LogP contribution is -2.12. The van der Waals surface area contributed by atoms with Crippen molar-refractivity contribution in [1.29, 1.82) is 0 Å². The second-order valence-electron chi connectivity index (χ2n) is 4.99. The summed E-state index contributed by atoms with van der Waals surface area (Å²) in [6, 6.07) is 12.2. The highest BCUT2D eigenvalue weighted by molar-refractivity contribution is 9.10. The summed E-state index contributed by atoms with van der Waals surface area (Å²) < 4.78 is 16.2. The van der Waals surface area contributed by atoms with Crippen molar-refractivity contribution in [3.8, 4) is 22.8 Å². The van der Waals surface area contributed by atoms with E-state index < -0.39 is 0 Å². The van der Waals surface area contributed by atoms with Gasteiger partial charge in [-0.2, -0.15) is 0 Å². The lowest BCUT2D eigenvalue weighted by atomic mass is 10.1. The van der Waals surface area contributed by atoms with Gasteiger partial charge in [-0.3, -0.25) is 4.79 Å². The Balaban J connectivity index is 1.88. The minimum atomic E-state index is -0.315. The summed E-state index contributed by atoms with van der Waals surface area (Å²) in [4.78, 5) is 12.3. The number of nitrogens with one attached hydrogen (secondary N) is 1. The predicted molar refractivity (Wildman–Crippen MR) is 94.9 cm³/mol. The molecule has 0 aliphatic carbocycles. The first-order chi connectivity index (χ1) is 12.1. The van der Waals surface area contributed by atoms with Gasteiger partial charge in [0.2, 0.25) is 5.82 Å². The molecule has 0 atom stereocenters. The van der Waals surface area contributed by atoms with Crippen molar-refractivity contribution in [2.24, 2.45) is 0 Å². The van der Waals surface area contributed by atoms with Crippen LogP contribution in [0.25, 0.3) is 11.3 Å². The van der Waals surface area contributed by atoms with E-state index in [1.165, 1.54) is 0 Å². The molecule has 0 aliphatic rings. The number of anilines is 1. The Morgan fingerprint density at radius 1 is 1.04 bits per heavy atom. The summed E-state index contributed by atoms with van der Waals surface area (Å²) >= 11 is 3.33. The third-order valence-electron chi connectivity index (χ3n) is 3.48. The van der Waals surface area contributed by atoms with Gasteiger partial charge in [0.1, 0.15) is 0 Å². The monoisotopic (exact) mass is 403 g/mol. The molecule has 0 spiro atoms. The van der Waals surface area contributed by atoms with Gasteiger partial charge in [-0.05, 0) is 52.8 Å². The standard InChI is InChI=1S/C17H14BrN3O4/c1-23-13-8-5-11(9-14(13)24-2)15-16(21-25-20-15)19-17(22)10-3-6-12(18)7-4-10/h3-9H,1-2H3,(H,19,21,22). The molecule has 0 aliphatic heterocycles. The summed E-state index contributed by atoms with van der Waals surface area (Å²) in [7, 11) is 3.10. The predicted octanol–water partition coefficient (Wildman–Crippen LogP) is 3.77. The minimum absolute atomic E-state index is 0.222. The molecule has 0 unspecified atom stereocenters. The number of hydrogen-bond acceptors (Lipinski definition) is 6. The summed E-state index contributed by atoms with van der Waals surface area (Å²) in [6.07, 6.45) is 0. The molecule has 2 aromatic carbocycles. The van der Waals surface area contributed by atoms with Crippen molar-refractivity contribution in [3.05, 3.63) is 52.5 Å². The highest BCUT2D eigenvalue weighted by Gasteiger charge is 2.17. The number of rotatable bonds is 5. The largest absolute Gasteiger partial charge is 0.493 e. The molecule has 1 aromatic heterocycles. The Hall–Kier alpha value is -2.87. The van der Waals surface area contributed by atoms with E-state index in [1.807, 2.05) is 0 Å². The number of methoxy groups -OCH3 is 2. The zero-order valence-electron chi connectivity index (χ0n) is 13.4. The molecule has 1 amide bonds. The van der Waals surface area contributed by atoms with E-state index >= 15 is 0 Å². The van der Waals surface area contributed by atoms with Crippen LogP contribution in [0.3, 0.4) is 0 Å². The van der Waals surface area contributed by atoms with E-state index in [1.54, 1.807) is 56.7 Å². The number of aromatic nitrogens is 2. The lowest BCUT2D eigenvalue weighted by Gasteiger charge is -2.09. The maximum atomic E-state index is 12.3. The van der Waals surface area contributed by atoms with Crippen molar-refractivity contribution in [2.75, 3.05) is 19.5 Å². The summed E-state index contributed by atoms with van der Waals surface area (Å²) in [5.74, 6) is 1.03. The van der Waals surface area contributed by atoms with Crippen LogP contribution < -0.4 is 14.8 Å². The highest BCUT2D eigenvalue weighted by Crippen LogP contribution is 2.33. The molecule has 0 bridgehead atoms. The Kier molecular flexibility index (Phi) is 4.99. The molecular weight excluding hydrogens is 390 g/mol. The fourth-order valence-electron chi connectivity index (χ4n) is 2.22. The molecule has 3 rings (SSSR count). The summed E-state index contributed by atoms with van der Waals surface area (Å²) in [5.41, 5.74) is 1.56. The quantitative estimate of drug-likeness (QED) is 0.697. The Morgan fingerprint density at radius 2 is 1.76 bits per heavy atom. The van der Waals surface area contributed by atoms with Gasteiger partial charge in [0.05, 0.1) is 14.2 Å². The van der Waals surface area contributed by atoms with Crippen LogP contribution in [0.1, 0.15) is 10.4 Å². The van der Waals surface area contributed by atoms with Crippen LogP contribution in [0.15, 0.2) is 51.6 Å². The van der Waals surface area contributed by atoms with E-state index in [2.05, 4.69) is 31.6 Å². The van der Waals surface area contributed by atoms with Gasteiger partial charge in [-0.25, -0.2) is 4.63 Å². The topological polar surface area (TPSA) is 86.5 Å². The number of carbonyl (C=O) groups excluding carboxylic acids is 1. The first-order valence-corrected chi connectivity index (χ1v) is 8.03. The van der Waals surface area contributed by atoms with Gasteiger partial charge < -0.3 is 14.8 Å². The van der Waals surface area contributed by atoms with Gasteiger partial charge in [-0.1, -0.05) is 15.9 Å². The van der Waals surface area contributed by atoms with Crippen molar-refractivity contribution < 1.29 is 18.9 Å². The first kappa shape index (κ1) is 17.0. The maximum absolute atomic E-state index is 12.3. The van der Waals surface area contributed by atoms with E-state index in [-0.39, 0.29) is 11.7 Å². The minimum Gasteiger partial charge on any atom is -0.493 e. The lowest BCUT2D eigenvalue weighted by molar-refractivity contribution is 0.102. The first-order valence-electron chi connectivity index (χ1n) is 7.24. The third kappa shape index (κ3) is 3.63. The second kappa shape index (κ2) is 7.35. The SMILES string of the molecule is COc1ccc(-c2nonc2NC(=O)c2ccc(Br)cc2)cc1OC. The molecule has 25 heavy (non-hydrogen) atoms. The van der Waals surface area contributed by atoms with E-state index in [4.69, 9.17) is 14.1 Å². The van der Waals surface area contributed by atoms with Crippen molar-refractivity contribution in [2.45, 2.75) is 0 Å². The molecular formula is C17H14BrN3O4. The number of carbonyl (C=O) groups is 1. The number of nitrogens with zero attached hydrogens (tertiary/aromatic N) is 2. The number of benzene rings is 2. The number of amides is 1. The van der Waals surface area contributed by atoms with Gasteiger partial charge in [-0.15, -0.1) is 0 Å². The van der Waals surface area contributed by atoms with Crippen LogP contribution in [0, 0.1) is 0 Å². The highest BCUT2D eigenvalue weighted by atomic mass is 79.9. The normalized spacial score (nSPS) is 10.4. The van der Waals surface area contributed by atoms with Gasteiger partial charge in [0.15, 0.2) is 17.2 Å². The van der Waals surface area contributed by atoms with E-state index in [0.29, 0.717) is 28.3 Å². The third-order valence-corrected chi connectivity index (χ3v) is 4.01. The molecule has 1 heterocycles. The fraction of sp³-hybridized carbons (Fsp3) is 0.118. The fourth-order valence-corrected chi connectivity index (χ4v) is 2.49. The zero-order chi connectivity index (χ0) is 17.8. The van der Waals surface area contributed by atoms with Gasteiger partial charge in [0.25, 0.3) is 5.91 Å². The molecule has 3 aromatic rings. The van der Waals surface area contributed by atoms with Gasteiger partial charge in [0, 0.05) is 15.6 Å². The Morgan fingerprint density at radius 3 is 2.44 bits per heavy atom. The molecule has 128 valence electrons. The van der Waals surface area contributed by atoms with Crippen LogP contribution in [0.2, 0.25) is 0 Å². The van der Waals surface area contributed by atoms with Crippen LogP contribution in [-0.2, 0) is 0 Å². The maximum Gasteiger partial charge on any atom is 0.256 e. The summed E-state index contributed by atoms with van der Waals surface area (Å²) in [6.45, 7) is 0. The van der Waals surface area contributed by atoms with Crippen LogP contribution in [-0.4, -0.2) is 30.4 Å². The van der Waals surface area contributed by atoms with E-state index in [9.17, 15) is 4.79 Å². The second-order valence-corrected chi connectivity index (χ2v) is 5.91. The number of ether oxygens (including phenoxy) is 2. The van der Waals surface area contributed by atoms with Crippen LogP contribution >= 0.6 is 15.9 Å². The van der Waals surface area contributed by atoms with Crippen molar-refractivity contribution >= 4 is 27.7 Å².